The maximum absolute atomic E-state index is 12.4. The molecule has 8 nitrogen and oxygen atoms in total. The van der Waals surface area contributed by atoms with Gasteiger partial charge in [0.05, 0.1) is 0 Å². The van der Waals surface area contributed by atoms with E-state index in [1.54, 1.807) is 13.8 Å². The van der Waals surface area contributed by atoms with Crippen molar-refractivity contribution in [2.45, 2.75) is 27.3 Å². The number of nitrogens with zero attached hydrogens (tertiary/aromatic N) is 2. The second-order valence-corrected chi connectivity index (χ2v) is 9.10. The van der Waals surface area contributed by atoms with Crippen molar-refractivity contribution in [3.8, 4) is 0 Å². The molecule has 0 unspecified atom stereocenters. The molecule has 0 radical (unpaired) electrons. The quantitative estimate of drug-likeness (QED) is 0.368. The first-order valence-corrected chi connectivity index (χ1v) is 12.1. The number of carbonyl (C=O) groups is 3. The highest BCUT2D eigenvalue weighted by molar-refractivity contribution is 6.01. The predicted molar refractivity (Wildman–Crippen MR) is 140 cm³/mol. The van der Waals surface area contributed by atoms with Crippen molar-refractivity contribution < 1.29 is 19.1 Å². The number of esters is 1. The molecule has 1 aliphatic rings. The number of piperazine rings is 1. The largest absolute Gasteiger partial charge is 0.451 e. The van der Waals surface area contributed by atoms with E-state index in [2.05, 4.69) is 44.4 Å². The number of amides is 1. The molecule has 0 atom stereocenters. The number of ketones is 1. The lowest BCUT2D eigenvalue weighted by molar-refractivity contribution is -0.119. The molecular formula is C28H32N4O4. The number of aryl methyl sites for hydroxylation is 1. The van der Waals surface area contributed by atoms with E-state index in [0.717, 1.165) is 38.4 Å². The van der Waals surface area contributed by atoms with Crippen LogP contribution in [0.5, 0.6) is 0 Å². The number of hydrogen-bond donors (Lipinski definition) is 2. The highest BCUT2D eigenvalue weighted by Crippen LogP contribution is 2.21. The number of aromatic amines is 1. The second-order valence-electron chi connectivity index (χ2n) is 9.10. The fourth-order valence-corrected chi connectivity index (χ4v) is 4.64. The van der Waals surface area contributed by atoms with Crippen molar-refractivity contribution in [2.75, 3.05) is 43.0 Å². The van der Waals surface area contributed by atoms with Crippen LogP contribution in [0.15, 0.2) is 54.6 Å². The van der Waals surface area contributed by atoms with E-state index >= 15 is 0 Å². The normalized spacial score (nSPS) is 13.9. The Morgan fingerprint density at radius 3 is 2.22 bits per heavy atom. The number of carbonyl (C=O) groups excluding carboxylic acids is 3. The molecule has 0 spiro atoms. The summed E-state index contributed by atoms with van der Waals surface area (Å²) >= 11 is 0. The Morgan fingerprint density at radius 2 is 1.61 bits per heavy atom. The third-order valence-corrected chi connectivity index (χ3v) is 6.47. The van der Waals surface area contributed by atoms with Gasteiger partial charge in [0.15, 0.2) is 12.4 Å². The molecule has 8 heteroatoms. The summed E-state index contributed by atoms with van der Waals surface area (Å²) in [6.45, 7) is 9.27. The van der Waals surface area contributed by atoms with Crippen molar-refractivity contribution in [3.05, 3.63) is 82.7 Å². The lowest BCUT2D eigenvalue weighted by Gasteiger charge is -2.36. The van der Waals surface area contributed by atoms with Gasteiger partial charge in [-0.1, -0.05) is 30.3 Å². The summed E-state index contributed by atoms with van der Waals surface area (Å²) in [6, 6.07) is 18.2. The lowest BCUT2D eigenvalue weighted by atomic mass is 10.1. The van der Waals surface area contributed by atoms with Gasteiger partial charge in [0.2, 0.25) is 0 Å². The van der Waals surface area contributed by atoms with Gasteiger partial charge in [-0.05, 0) is 56.2 Å². The average molecular weight is 489 g/mol. The summed E-state index contributed by atoms with van der Waals surface area (Å²) in [5.41, 5.74) is 4.88. The molecule has 0 saturated carbocycles. The van der Waals surface area contributed by atoms with Crippen LogP contribution < -0.4 is 10.2 Å². The van der Waals surface area contributed by atoms with Crippen LogP contribution >= 0.6 is 0 Å². The summed E-state index contributed by atoms with van der Waals surface area (Å²) in [5, 5.41) is 2.76. The van der Waals surface area contributed by atoms with Crippen LogP contribution in [-0.2, 0) is 16.1 Å². The molecule has 4 rings (SSSR count). The van der Waals surface area contributed by atoms with Crippen molar-refractivity contribution >= 4 is 29.0 Å². The summed E-state index contributed by atoms with van der Waals surface area (Å²) in [4.78, 5) is 44.2. The van der Waals surface area contributed by atoms with Gasteiger partial charge in [0.25, 0.3) is 5.91 Å². The Labute approximate surface area is 211 Å². The van der Waals surface area contributed by atoms with Crippen molar-refractivity contribution in [1.82, 2.24) is 9.88 Å². The molecule has 2 N–H and O–H groups in total. The fraction of sp³-hybridized carbons (Fsp3) is 0.321. The first kappa shape index (κ1) is 25.2. The number of aromatic nitrogens is 1. The monoisotopic (exact) mass is 488 g/mol. The minimum atomic E-state index is -0.667. The standard InChI is InChI=1S/C28H32N4O4/c1-19-26(21(3)33)20(2)29-27(19)28(35)36-18-25(34)30-23-9-11-24(12-10-23)32-15-13-31(14-16-32)17-22-7-5-4-6-8-22/h4-12,29H,13-18H2,1-3H3,(H,30,34). The molecule has 36 heavy (non-hydrogen) atoms. The highest BCUT2D eigenvalue weighted by Gasteiger charge is 2.22. The summed E-state index contributed by atoms with van der Waals surface area (Å²) in [6.07, 6.45) is 0. The van der Waals surface area contributed by atoms with Crippen molar-refractivity contribution in [2.24, 2.45) is 0 Å². The first-order chi connectivity index (χ1) is 17.3. The molecule has 1 aromatic heterocycles. The Morgan fingerprint density at radius 1 is 0.944 bits per heavy atom. The van der Waals surface area contributed by atoms with Crippen LogP contribution in [0.2, 0.25) is 0 Å². The highest BCUT2D eigenvalue weighted by atomic mass is 16.5. The predicted octanol–water partition coefficient (Wildman–Crippen LogP) is 3.95. The summed E-state index contributed by atoms with van der Waals surface area (Å²) in [7, 11) is 0. The third kappa shape index (κ3) is 6.01. The lowest BCUT2D eigenvalue weighted by Crippen LogP contribution is -2.45. The minimum Gasteiger partial charge on any atom is -0.451 e. The SMILES string of the molecule is CC(=O)c1c(C)[nH]c(C(=O)OCC(=O)Nc2ccc(N3CCN(Cc4ccccc4)CC3)cc2)c1C. The van der Waals surface area contributed by atoms with Crippen LogP contribution in [0.25, 0.3) is 0 Å². The fourth-order valence-electron chi connectivity index (χ4n) is 4.64. The molecule has 1 fully saturated rings. The van der Waals surface area contributed by atoms with Gasteiger partial charge in [-0.3, -0.25) is 14.5 Å². The van der Waals surface area contributed by atoms with E-state index < -0.39 is 18.5 Å². The van der Waals surface area contributed by atoms with Gasteiger partial charge in [0.1, 0.15) is 5.69 Å². The smallest absolute Gasteiger partial charge is 0.355 e. The Bertz CT molecular complexity index is 1230. The van der Waals surface area contributed by atoms with Crippen LogP contribution in [0.3, 0.4) is 0 Å². The molecule has 2 heterocycles. The maximum atomic E-state index is 12.4. The first-order valence-electron chi connectivity index (χ1n) is 12.1. The summed E-state index contributed by atoms with van der Waals surface area (Å²) < 4.78 is 5.16. The van der Waals surface area contributed by atoms with E-state index in [0.29, 0.717) is 22.5 Å². The number of rotatable bonds is 8. The van der Waals surface area contributed by atoms with Gasteiger partial charge >= 0.3 is 5.97 Å². The van der Waals surface area contributed by atoms with Crippen molar-refractivity contribution in [3.63, 3.8) is 0 Å². The van der Waals surface area contributed by atoms with E-state index in [9.17, 15) is 14.4 Å². The molecule has 0 bridgehead atoms. The topological polar surface area (TPSA) is 94.7 Å². The second kappa shape index (κ2) is 11.2. The zero-order valence-corrected chi connectivity index (χ0v) is 21.0. The van der Waals surface area contributed by atoms with E-state index in [-0.39, 0.29) is 11.5 Å². The number of anilines is 2. The Hall–Kier alpha value is -3.91. The van der Waals surface area contributed by atoms with Gasteiger partial charge in [-0.2, -0.15) is 0 Å². The van der Waals surface area contributed by atoms with Gasteiger partial charge < -0.3 is 19.9 Å². The van der Waals surface area contributed by atoms with Crippen molar-refractivity contribution in [1.29, 1.82) is 0 Å². The molecule has 1 amide bonds. The molecule has 1 aliphatic heterocycles. The Balaban J connectivity index is 1.24. The molecular weight excluding hydrogens is 456 g/mol. The number of ether oxygens (including phenoxy) is 1. The molecule has 2 aromatic carbocycles. The maximum Gasteiger partial charge on any atom is 0.355 e. The van der Waals surface area contributed by atoms with Gasteiger partial charge in [0, 0.05) is 55.4 Å². The number of nitrogens with one attached hydrogen (secondary N) is 2. The number of benzene rings is 2. The van der Waals surface area contributed by atoms with Gasteiger partial charge in [-0.15, -0.1) is 0 Å². The van der Waals surface area contributed by atoms with Crippen LogP contribution in [0.1, 0.15) is 44.6 Å². The number of Topliss-reactive ketones (excluding diaryl/α,β-unsaturated/α-hetero) is 1. The van der Waals surface area contributed by atoms with Crippen LogP contribution in [0, 0.1) is 13.8 Å². The minimum absolute atomic E-state index is 0.129. The summed E-state index contributed by atoms with van der Waals surface area (Å²) in [5.74, 6) is -1.23. The van der Waals surface area contributed by atoms with E-state index in [4.69, 9.17) is 4.74 Å². The third-order valence-electron chi connectivity index (χ3n) is 6.47. The van der Waals surface area contributed by atoms with E-state index in [1.165, 1.54) is 12.5 Å². The number of hydrogen-bond acceptors (Lipinski definition) is 6. The molecule has 3 aromatic rings. The molecule has 188 valence electrons. The number of H-pyrrole nitrogens is 1. The van der Waals surface area contributed by atoms with E-state index in [1.807, 2.05) is 30.3 Å². The molecule has 1 saturated heterocycles. The molecule has 0 aliphatic carbocycles. The average Bonchev–Trinajstić information content (AvgIpc) is 3.18. The van der Waals surface area contributed by atoms with Crippen LogP contribution in [0.4, 0.5) is 11.4 Å². The zero-order valence-electron chi connectivity index (χ0n) is 21.0. The zero-order chi connectivity index (χ0) is 25.7. The van der Waals surface area contributed by atoms with Gasteiger partial charge in [-0.25, -0.2) is 4.79 Å². The Kier molecular flexibility index (Phi) is 7.85. The van der Waals surface area contributed by atoms with Crippen LogP contribution in [-0.4, -0.2) is 60.3 Å².